The van der Waals surface area contributed by atoms with Gasteiger partial charge in [0.25, 0.3) is 0 Å². The summed E-state index contributed by atoms with van der Waals surface area (Å²) >= 11 is 0. The molecule has 1 saturated heterocycles. The van der Waals surface area contributed by atoms with Gasteiger partial charge in [-0.3, -0.25) is 9.69 Å². The average Bonchev–Trinajstić information content (AvgIpc) is 2.58. The highest BCUT2D eigenvalue weighted by atomic mass is 16.5. The van der Waals surface area contributed by atoms with Crippen LogP contribution in [0.3, 0.4) is 0 Å². The lowest BCUT2D eigenvalue weighted by Gasteiger charge is -2.32. The summed E-state index contributed by atoms with van der Waals surface area (Å²) < 4.78 is 5.74. The third-order valence-corrected chi connectivity index (χ3v) is 3.96. The fourth-order valence-corrected chi connectivity index (χ4v) is 2.79. The number of ether oxygens (including phenoxy) is 1. The van der Waals surface area contributed by atoms with Crippen LogP contribution >= 0.6 is 0 Å². The van der Waals surface area contributed by atoms with Crippen LogP contribution in [-0.2, 0) is 16.1 Å². The molecule has 3 rings (SSSR count). The molecule has 1 amide bonds. The molecule has 0 aliphatic carbocycles. The number of carbonyl (C=O) groups is 1. The van der Waals surface area contributed by atoms with Crippen LogP contribution in [0.5, 0.6) is 0 Å². The van der Waals surface area contributed by atoms with Crippen LogP contribution in [-0.4, -0.2) is 41.6 Å². The van der Waals surface area contributed by atoms with Crippen LogP contribution in [0, 0.1) is 0 Å². The molecule has 3 N–H and O–H groups in total. The van der Waals surface area contributed by atoms with E-state index in [4.69, 9.17) is 10.5 Å². The minimum atomic E-state index is -0.0933. The van der Waals surface area contributed by atoms with Gasteiger partial charge in [0.15, 0.2) is 0 Å². The third kappa shape index (κ3) is 4.78. The summed E-state index contributed by atoms with van der Waals surface area (Å²) in [7, 11) is 0. The van der Waals surface area contributed by atoms with Crippen LogP contribution < -0.4 is 11.1 Å². The minimum Gasteiger partial charge on any atom is -0.384 e. The molecule has 1 aliphatic heterocycles. The van der Waals surface area contributed by atoms with Gasteiger partial charge in [0.05, 0.1) is 31.0 Å². The summed E-state index contributed by atoms with van der Waals surface area (Å²) in [5.74, 6) is 0.355. The Morgan fingerprint density at radius 2 is 2.12 bits per heavy atom. The van der Waals surface area contributed by atoms with Crippen LogP contribution in [0.15, 0.2) is 48.7 Å². The SMILES string of the molecule is Nc1ccc(NC(=O)CC2CN(Cc3ccccc3)CCO2)cn1. The Balaban J connectivity index is 1.49. The summed E-state index contributed by atoms with van der Waals surface area (Å²) in [4.78, 5) is 18.4. The molecule has 0 spiro atoms. The number of morpholine rings is 1. The smallest absolute Gasteiger partial charge is 0.227 e. The molecular weight excluding hydrogens is 304 g/mol. The fraction of sp³-hybridized carbons (Fsp3) is 0.333. The summed E-state index contributed by atoms with van der Waals surface area (Å²) in [5, 5.41) is 2.83. The number of carbonyl (C=O) groups excluding carboxylic acids is 1. The van der Waals surface area contributed by atoms with Gasteiger partial charge in [0.1, 0.15) is 5.82 Å². The fourth-order valence-electron chi connectivity index (χ4n) is 2.79. The highest BCUT2D eigenvalue weighted by molar-refractivity contribution is 5.90. The normalized spacial score (nSPS) is 18.2. The first-order valence-corrected chi connectivity index (χ1v) is 8.08. The van der Waals surface area contributed by atoms with Crippen LogP contribution in [0.25, 0.3) is 0 Å². The number of nitrogen functional groups attached to an aromatic ring is 1. The van der Waals surface area contributed by atoms with E-state index in [1.165, 1.54) is 5.56 Å². The molecule has 1 aliphatic rings. The first kappa shape index (κ1) is 16.4. The number of aromatic nitrogens is 1. The van der Waals surface area contributed by atoms with Gasteiger partial charge >= 0.3 is 0 Å². The van der Waals surface area contributed by atoms with Crippen molar-refractivity contribution in [3.8, 4) is 0 Å². The van der Waals surface area contributed by atoms with E-state index in [2.05, 4.69) is 27.3 Å². The molecule has 2 heterocycles. The van der Waals surface area contributed by atoms with Gasteiger partial charge in [-0.05, 0) is 17.7 Å². The number of benzene rings is 1. The largest absolute Gasteiger partial charge is 0.384 e. The lowest BCUT2D eigenvalue weighted by atomic mass is 10.1. The molecule has 6 nitrogen and oxygen atoms in total. The molecule has 1 unspecified atom stereocenters. The minimum absolute atomic E-state index is 0.0758. The molecule has 24 heavy (non-hydrogen) atoms. The number of rotatable bonds is 5. The molecule has 6 heteroatoms. The lowest BCUT2D eigenvalue weighted by molar-refractivity contribution is -0.121. The number of nitrogens with zero attached hydrogens (tertiary/aromatic N) is 2. The van der Waals surface area contributed by atoms with Crippen molar-refractivity contribution in [1.29, 1.82) is 0 Å². The van der Waals surface area contributed by atoms with Gasteiger partial charge < -0.3 is 15.8 Å². The maximum absolute atomic E-state index is 12.2. The summed E-state index contributed by atoms with van der Waals surface area (Å²) in [6, 6.07) is 13.7. The van der Waals surface area contributed by atoms with Gasteiger partial charge in [-0.2, -0.15) is 0 Å². The predicted molar refractivity (Wildman–Crippen MR) is 93.4 cm³/mol. The molecule has 0 radical (unpaired) electrons. The van der Waals surface area contributed by atoms with Crippen LogP contribution in [0.4, 0.5) is 11.5 Å². The average molecular weight is 326 g/mol. The van der Waals surface area contributed by atoms with Crippen molar-refractivity contribution in [2.45, 2.75) is 19.1 Å². The second kappa shape index (κ2) is 7.90. The first-order chi connectivity index (χ1) is 11.7. The van der Waals surface area contributed by atoms with Crippen molar-refractivity contribution in [1.82, 2.24) is 9.88 Å². The van der Waals surface area contributed by atoms with Crippen molar-refractivity contribution < 1.29 is 9.53 Å². The van der Waals surface area contributed by atoms with E-state index in [0.717, 1.165) is 19.6 Å². The maximum Gasteiger partial charge on any atom is 0.227 e. The number of hydrogen-bond acceptors (Lipinski definition) is 5. The van der Waals surface area contributed by atoms with E-state index in [0.29, 0.717) is 24.5 Å². The Labute approximate surface area is 141 Å². The molecule has 1 aromatic carbocycles. The summed E-state index contributed by atoms with van der Waals surface area (Å²) in [6.07, 6.45) is 1.79. The second-order valence-electron chi connectivity index (χ2n) is 5.94. The number of anilines is 2. The molecular formula is C18H22N4O2. The standard InChI is InChI=1S/C18H22N4O2/c19-17-7-6-15(11-20-17)21-18(23)10-16-13-22(8-9-24-16)12-14-4-2-1-3-5-14/h1-7,11,16H,8-10,12-13H2,(H2,19,20)(H,21,23). The number of nitrogens with two attached hydrogens (primary N) is 1. The zero-order valence-electron chi connectivity index (χ0n) is 13.5. The molecule has 0 saturated carbocycles. The van der Waals surface area contributed by atoms with Gasteiger partial charge in [-0.25, -0.2) is 4.98 Å². The summed E-state index contributed by atoms with van der Waals surface area (Å²) in [6.45, 7) is 3.16. The molecule has 1 atom stereocenters. The van der Waals surface area contributed by atoms with Gasteiger partial charge in [0.2, 0.25) is 5.91 Å². The highest BCUT2D eigenvalue weighted by Gasteiger charge is 2.23. The zero-order valence-corrected chi connectivity index (χ0v) is 13.5. The Morgan fingerprint density at radius 3 is 2.88 bits per heavy atom. The van der Waals surface area contributed by atoms with Crippen molar-refractivity contribution in [3.05, 3.63) is 54.2 Å². The van der Waals surface area contributed by atoms with E-state index in [-0.39, 0.29) is 12.0 Å². The number of pyridine rings is 1. The first-order valence-electron chi connectivity index (χ1n) is 8.08. The Morgan fingerprint density at radius 1 is 1.29 bits per heavy atom. The van der Waals surface area contributed by atoms with Crippen LogP contribution in [0.2, 0.25) is 0 Å². The topological polar surface area (TPSA) is 80.5 Å². The number of amides is 1. The van der Waals surface area contributed by atoms with Crippen molar-refractivity contribution in [3.63, 3.8) is 0 Å². The molecule has 1 fully saturated rings. The van der Waals surface area contributed by atoms with E-state index in [1.807, 2.05) is 18.2 Å². The van der Waals surface area contributed by atoms with Crippen molar-refractivity contribution in [2.24, 2.45) is 0 Å². The Kier molecular flexibility index (Phi) is 5.40. The zero-order chi connectivity index (χ0) is 16.8. The summed E-state index contributed by atoms with van der Waals surface area (Å²) in [5.41, 5.74) is 7.45. The second-order valence-corrected chi connectivity index (χ2v) is 5.94. The monoisotopic (exact) mass is 326 g/mol. The van der Waals surface area contributed by atoms with Gasteiger partial charge in [-0.15, -0.1) is 0 Å². The van der Waals surface area contributed by atoms with E-state index in [1.54, 1.807) is 18.3 Å². The maximum atomic E-state index is 12.2. The molecule has 2 aromatic rings. The van der Waals surface area contributed by atoms with Gasteiger partial charge in [0, 0.05) is 19.6 Å². The van der Waals surface area contributed by atoms with Crippen LogP contribution in [0.1, 0.15) is 12.0 Å². The van der Waals surface area contributed by atoms with E-state index < -0.39 is 0 Å². The Hall–Kier alpha value is -2.44. The van der Waals surface area contributed by atoms with Gasteiger partial charge in [-0.1, -0.05) is 30.3 Å². The van der Waals surface area contributed by atoms with E-state index in [9.17, 15) is 4.79 Å². The predicted octanol–water partition coefficient (Wildman–Crippen LogP) is 1.89. The molecule has 1 aromatic heterocycles. The van der Waals surface area contributed by atoms with E-state index >= 15 is 0 Å². The number of hydrogen-bond donors (Lipinski definition) is 2. The third-order valence-electron chi connectivity index (χ3n) is 3.96. The highest BCUT2D eigenvalue weighted by Crippen LogP contribution is 2.14. The quantitative estimate of drug-likeness (QED) is 0.877. The lowest BCUT2D eigenvalue weighted by Crippen LogP contribution is -2.43. The Bertz CT molecular complexity index is 660. The van der Waals surface area contributed by atoms with Crippen molar-refractivity contribution in [2.75, 3.05) is 30.7 Å². The molecule has 126 valence electrons. The molecule has 0 bridgehead atoms. The number of nitrogens with one attached hydrogen (secondary N) is 1. The van der Waals surface area contributed by atoms with Crippen molar-refractivity contribution >= 4 is 17.4 Å².